The molecule has 1 amide bonds. The molecular formula is C12H12F3NO2. The molecule has 1 unspecified atom stereocenters. The van der Waals surface area contributed by atoms with Crippen LogP contribution in [0.1, 0.15) is 18.4 Å². The van der Waals surface area contributed by atoms with Crippen LogP contribution in [0.25, 0.3) is 0 Å². The van der Waals surface area contributed by atoms with Crippen LogP contribution in [0.4, 0.5) is 18.9 Å². The van der Waals surface area contributed by atoms with E-state index in [9.17, 15) is 23.1 Å². The number of anilines is 1. The zero-order valence-electron chi connectivity index (χ0n) is 9.44. The summed E-state index contributed by atoms with van der Waals surface area (Å²) in [6.45, 7) is 0.331. The highest BCUT2D eigenvalue weighted by molar-refractivity contribution is 5.97. The molecule has 6 heteroatoms. The number of carbonyl (C=O) groups is 1. The van der Waals surface area contributed by atoms with Crippen molar-refractivity contribution < 1.29 is 23.1 Å². The minimum Gasteiger partial charge on any atom is -0.383 e. The van der Waals surface area contributed by atoms with E-state index in [0.29, 0.717) is 19.4 Å². The average molecular weight is 259 g/mol. The van der Waals surface area contributed by atoms with Gasteiger partial charge in [-0.05, 0) is 31.0 Å². The van der Waals surface area contributed by atoms with Gasteiger partial charge in [0, 0.05) is 12.2 Å². The van der Waals surface area contributed by atoms with Crippen LogP contribution < -0.4 is 4.90 Å². The molecule has 3 nitrogen and oxygen atoms in total. The van der Waals surface area contributed by atoms with Gasteiger partial charge in [0.15, 0.2) is 0 Å². The molecule has 2 rings (SSSR count). The van der Waals surface area contributed by atoms with E-state index in [1.165, 1.54) is 17.0 Å². The van der Waals surface area contributed by atoms with Gasteiger partial charge in [0.25, 0.3) is 5.91 Å². The summed E-state index contributed by atoms with van der Waals surface area (Å²) in [5.41, 5.74) is -0.624. The van der Waals surface area contributed by atoms with Crippen molar-refractivity contribution in [3.63, 3.8) is 0 Å². The second kappa shape index (κ2) is 4.61. The minimum absolute atomic E-state index is 0.175. The number of halogens is 3. The van der Waals surface area contributed by atoms with Crippen molar-refractivity contribution in [1.82, 2.24) is 0 Å². The molecule has 1 aliphatic rings. The van der Waals surface area contributed by atoms with E-state index in [0.717, 1.165) is 12.1 Å². The largest absolute Gasteiger partial charge is 0.416 e. The fourth-order valence-electron chi connectivity index (χ4n) is 1.96. The molecule has 1 aliphatic heterocycles. The predicted molar refractivity (Wildman–Crippen MR) is 59.0 cm³/mol. The van der Waals surface area contributed by atoms with Gasteiger partial charge in [-0.3, -0.25) is 4.79 Å². The molecule has 1 atom stereocenters. The minimum atomic E-state index is -4.44. The number of aliphatic hydroxyl groups excluding tert-OH is 1. The Morgan fingerprint density at radius 3 is 2.72 bits per heavy atom. The molecule has 1 aromatic carbocycles. The van der Waals surface area contributed by atoms with Crippen LogP contribution >= 0.6 is 0 Å². The molecule has 98 valence electrons. The van der Waals surface area contributed by atoms with Gasteiger partial charge < -0.3 is 10.0 Å². The van der Waals surface area contributed by atoms with Gasteiger partial charge in [-0.15, -0.1) is 0 Å². The second-order valence-electron chi connectivity index (χ2n) is 4.20. The monoisotopic (exact) mass is 259 g/mol. The van der Waals surface area contributed by atoms with Crippen molar-refractivity contribution in [2.75, 3.05) is 11.4 Å². The molecule has 1 N–H and O–H groups in total. The predicted octanol–water partition coefficient (Wildman–Crippen LogP) is 2.19. The van der Waals surface area contributed by atoms with Crippen molar-refractivity contribution in [3.8, 4) is 0 Å². The number of carbonyl (C=O) groups excluding carboxylic acids is 1. The van der Waals surface area contributed by atoms with E-state index in [4.69, 9.17) is 0 Å². The van der Waals surface area contributed by atoms with Crippen LogP contribution in [0, 0.1) is 0 Å². The summed E-state index contributed by atoms with van der Waals surface area (Å²) < 4.78 is 37.7. The molecule has 0 aliphatic carbocycles. The number of alkyl halides is 3. The normalized spacial score (nSPS) is 21.2. The molecular weight excluding hydrogens is 247 g/mol. The molecule has 1 saturated heterocycles. The van der Waals surface area contributed by atoms with Crippen molar-refractivity contribution in [1.29, 1.82) is 0 Å². The first-order valence-corrected chi connectivity index (χ1v) is 5.56. The summed E-state index contributed by atoms with van der Waals surface area (Å²) in [7, 11) is 0. The van der Waals surface area contributed by atoms with Crippen LogP contribution in [0.5, 0.6) is 0 Å². The summed E-state index contributed by atoms with van der Waals surface area (Å²) in [6, 6.07) is 4.57. The lowest BCUT2D eigenvalue weighted by Gasteiger charge is -2.30. The molecule has 0 saturated carbocycles. The summed E-state index contributed by atoms with van der Waals surface area (Å²) in [5.74, 6) is -0.541. The maximum absolute atomic E-state index is 12.6. The lowest BCUT2D eigenvalue weighted by molar-refractivity contribution is -0.137. The molecule has 0 aromatic heterocycles. The Hall–Kier alpha value is -1.56. The first-order chi connectivity index (χ1) is 8.39. The van der Waals surface area contributed by atoms with E-state index in [-0.39, 0.29) is 5.69 Å². The summed E-state index contributed by atoms with van der Waals surface area (Å²) in [4.78, 5) is 12.9. The van der Waals surface area contributed by atoms with Crippen LogP contribution in [0.3, 0.4) is 0 Å². The van der Waals surface area contributed by atoms with Gasteiger partial charge in [-0.2, -0.15) is 13.2 Å². The molecule has 1 heterocycles. The first kappa shape index (κ1) is 12.9. The third kappa shape index (κ3) is 2.48. The highest BCUT2D eigenvalue weighted by Gasteiger charge is 2.32. The van der Waals surface area contributed by atoms with Gasteiger partial charge in [0.05, 0.1) is 5.56 Å². The highest BCUT2D eigenvalue weighted by atomic mass is 19.4. The number of rotatable bonds is 1. The average Bonchev–Trinajstić information content (AvgIpc) is 2.32. The number of amides is 1. The Morgan fingerprint density at radius 1 is 1.33 bits per heavy atom. The molecule has 0 radical (unpaired) electrons. The maximum atomic E-state index is 12.6. The third-order valence-electron chi connectivity index (χ3n) is 2.90. The van der Waals surface area contributed by atoms with Crippen LogP contribution in [-0.2, 0) is 11.0 Å². The first-order valence-electron chi connectivity index (χ1n) is 5.56. The molecule has 0 bridgehead atoms. The van der Waals surface area contributed by atoms with E-state index >= 15 is 0 Å². The van der Waals surface area contributed by atoms with E-state index < -0.39 is 23.8 Å². The fraction of sp³-hybridized carbons (Fsp3) is 0.417. The Kier molecular flexibility index (Phi) is 3.30. The summed E-state index contributed by atoms with van der Waals surface area (Å²) >= 11 is 0. The summed E-state index contributed by atoms with van der Waals surface area (Å²) in [5, 5.41) is 9.43. The van der Waals surface area contributed by atoms with Crippen molar-refractivity contribution in [2.24, 2.45) is 0 Å². The third-order valence-corrected chi connectivity index (χ3v) is 2.90. The van der Waals surface area contributed by atoms with Gasteiger partial charge in [0.1, 0.15) is 6.10 Å². The van der Waals surface area contributed by atoms with Gasteiger partial charge >= 0.3 is 6.18 Å². The molecule has 1 fully saturated rings. The number of aliphatic hydroxyl groups is 1. The molecule has 1 aromatic rings. The van der Waals surface area contributed by atoms with Crippen molar-refractivity contribution in [2.45, 2.75) is 25.1 Å². The quantitative estimate of drug-likeness (QED) is 0.839. The Morgan fingerprint density at radius 2 is 2.06 bits per heavy atom. The zero-order chi connectivity index (χ0) is 13.3. The number of nitrogens with zero attached hydrogens (tertiary/aromatic N) is 1. The van der Waals surface area contributed by atoms with Gasteiger partial charge in [0.2, 0.25) is 0 Å². The van der Waals surface area contributed by atoms with E-state index in [1.807, 2.05) is 0 Å². The number of hydrogen-bond donors (Lipinski definition) is 1. The summed E-state index contributed by atoms with van der Waals surface area (Å²) in [6.07, 6.45) is -4.63. The standard InChI is InChI=1S/C12H12F3NO2/c13-12(14,15)8-3-1-4-9(7-8)16-6-2-5-10(17)11(16)18/h1,3-4,7,10,17H,2,5-6H2. The number of benzene rings is 1. The van der Waals surface area contributed by atoms with Crippen molar-refractivity contribution in [3.05, 3.63) is 29.8 Å². The Balaban J connectivity index is 2.31. The van der Waals surface area contributed by atoms with Gasteiger partial charge in [-0.25, -0.2) is 0 Å². The zero-order valence-corrected chi connectivity index (χ0v) is 9.44. The smallest absolute Gasteiger partial charge is 0.383 e. The second-order valence-corrected chi connectivity index (χ2v) is 4.20. The number of hydrogen-bond acceptors (Lipinski definition) is 2. The Bertz CT molecular complexity index is 459. The SMILES string of the molecule is O=C1C(O)CCCN1c1cccc(C(F)(F)F)c1. The van der Waals surface area contributed by atoms with E-state index in [1.54, 1.807) is 0 Å². The van der Waals surface area contributed by atoms with Crippen LogP contribution in [0.2, 0.25) is 0 Å². The van der Waals surface area contributed by atoms with Crippen molar-refractivity contribution >= 4 is 11.6 Å². The van der Waals surface area contributed by atoms with E-state index in [2.05, 4.69) is 0 Å². The lowest BCUT2D eigenvalue weighted by atomic mass is 10.1. The lowest BCUT2D eigenvalue weighted by Crippen LogP contribution is -2.44. The number of piperidine rings is 1. The van der Waals surface area contributed by atoms with Gasteiger partial charge in [-0.1, -0.05) is 6.07 Å². The maximum Gasteiger partial charge on any atom is 0.416 e. The van der Waals surface area contributed by atoms with Crippen LogP contribution in [-0.4, -0.2) is 23.7 Å². The Labute approximate surface area is 102 Å². The molecule has 0 spiro atoms. The fourth-order valence-corrected chi connectivity index (χ4v) is 1.96. The molecule has 18 heavy (non-hydrogen) atoms. The highest BCUT2D eigenvalue weighted by Crippen LogP contribution is 2.32. The topological polar surface area (TPSA) is 40.5 Å². The van der Waals surface area contributed by atoms with Crippen LogP contribution in [0.15, 0.2) is 24.3 Å².